The maximum atomic E-state index is 13.7. The van der Waals surface area contributed by atoms with Crippen LogP contribution in [0.5, 0.6) is 5.75 Å². The Kier molecular flexibility index (Phi) is 8.69. The number of furan rings is 1. The Morgan fingerprint density at radius 2 is 1.56 bits per heavy atom. The molecule has 0 saturated carbocycles. The monoisotopic (exact) mass is 678 g/mol. The van der Waals surface area contributed by atoms with Crippen molar-refractivity contribution in [3.8, 4) is 5.75 Å². The maximum absolute atomic E-state index is 13.7. The zero-order chi connectivity index (χ0) is 24.1. The van der Waals surface area contributed by atoms with Gasteiger partial charge in [0.2, 0.25) is 0 Å². The second kappa shape index (κ2) is 11.7. The minimum Gasteiger partial charge on any atom is -0.506 e. The Balaban J connectivity index is 1.63. The van der Waals surface area contributed by atoms with Gasteiger partial charge >= 0.3 is 0 Å². The number of hydrogen-bond donors (Lipinski definition) is 1. The van der Waals surface area contributed by atoms with Gasteiger partial charge in [-0.1, -0.05) is 62.2 Å². The van der Waals surface area contributed by atoms with Crippen molar-refractivity contribution < 1.29 is 14.3 Å². The van der Waals surface area contributed by atoms with Crippen molar-refractivity contribution >= 4 is 61.9 Å². The van der Waals surface area contributed by atoms with Crippen LogP contribution in [0, 0.1) is 7.14 Å². The summed E-state index contributed by atoms with van der Waals surface area (Å²) in [7, 11) is 0. The van der Waals surface area contributed by atoms with E-state index in [1.807, 2.05) is 12.1 Å². The van der Waals surface area contributed by atoms with Crippen molar-refractivity contribution in [2.24, 2.45) is 0 Å². The molecule has 0 aliphatic rings. The number of aryl methyl sites for hydroxylation is 3. The summed E-state index contributed by atoms with van der Waals surface area (Å²) in [6.07, 6.45) is 7.03. The van der Waals surface area contributed by atoms with E-state index in [1.54, 1.807) is 12.1 Å². The molecule has 5 heteroatoms. The average molecular weight is 678 g/mol. The Morgan fingerprint density at radius 1 is 0.853 bits per heavy atom. The van der Waals surface area contributed by atoms with Gasteiger partial charge in [-0.25, -0.2) is 0 Å². The van der Waals surface area contributed by atoms with Crippen LogP contribution in [0.2, 0.25) is 0 Å². The van der Waals surface area contributed by atoms with Crippen molar-refractivity contribution in [2.75, 3.05) is 0 Å². The minimum atomic E-state index is -0.0436. The summed E-state index contributed by atoms with van der Waals surface area (Å²) in [5.41, 5.74) is 4.61. The van der Waals surface area contributed by atoms with Crippen LogP contribution >= 0.6 is 45.2 Å². The fraction of sp³-hybridized carbons (Fsp3) is 0.276. The van der Waals surface area contributed by atoms with Crippen LogP contribution in [0.4, 0.5) is 0 Å². The van der Waals surface area contributed by atoms with E-state index in [2.05, 4.69) is 88.5 Å². The van der Waals surface area contributed by atoms with Crippen LogP contribution in [0.3, 0.4) is 0 Å². The molecule has 0 spiro atoms. The first-order valence-corrected chi connectivity index (χ1v) is 13.9. The third kappa shape index (κ3) is 5.85. The molecule has 0 unspecified atom stereocenters. The summed E-state index contributed by atoms with van der Waals surface area (Å²) < 4.78 is 7.65. The summed E-state index contributed by atoms with van der Waals surface area (Å²) in [4.78, 5) is 13.7. The zero-order valence-corrected chi connectivity index (χ0v) is 23.6. The first-order valence-electron chi connectivity index (χ1n) is 11.8. The molecule has 1 heterocycles. The number of hydrogen-bond acceptors (Lipinski definition) is 3. The highest BCUT2D eigenvalue weighted by molar-refractivity contribution is 14.1. The molecule has 0 bridgehead atoms. The molecule has 0 saturated heterocycles. The molecule has 3 nitrogen and oxygen atoms in total. The van der Waals surface area contributed by atoms with E-state index < -0.39 is 0 Å². The SMILES string of the molecule is CCCCCc1oc2cc(CCCc3ccccc3)ccc2c1C(=O)c1cc(I)c(O)c(I)c1. The van der Waals surface area contributed by atoms with Crippen LogP contribution in [0.15, 0.2) is 65.1 Å². The van der Waals surface area contributed by atoms with Gasteiger partial charge < -0.3 is 9.52 Å². The molecular weight excluding hydrogens is 650 g/mol. The van der Waals surface area contributed by atoms with Crippen LogP contribution in [0.1, 0.15) is 65.4 Å². The summed E-state index contributed by atoms with van der Waals surface area (Å²) in [6.45, 7) is 2.17. The molecule has 4 rings (SSSR count). The van der Waals surface area contributed by atoms with Gasteiger partial charge in [-0.05, 0) is 100 Å². The highest BCUT2D eigenvalue weighted by Crippen LogP contribution is 2.33. The molecule has 3 aromatic carbocycles. The van der Waals surface area contributed by atoms with Crippen molar-refractivity contribution in [1.82, 2.24) is 0 Å². The van der Waals surface area contributed by atoms with E-state index >= 15 is 0 Å². The third-order valence-corrected chi connectivity index (χ3v) is 7.76. The maximum Gasteiger partial charge on any atom is 0.197 e. The summed E-state index contributed by atoms with van der Waals surface area (Å²) >= 11 is 4.14. The highest BCUT2D eigenvalue weighted by atomic mass is 127. The van der Waals surface area contributed by atoms with Gasteiger partial charge in [0.25, 0.3) is 0 Å². The summed E-state index contributed by atoms with van der Waals surface area (Å²) in [5.74, 6) is 0.948. The van der Waals surface area contributed by atoms with Crippen molar-refractivity contribution in [3.63, 3.8) is 0 Å². The number of unbranched alkanes of at least 4 members (excludes halogenated alkanes) is 2. The summed E-state index contributed by atoms with van der Waals surface area (Å²) in [6, 6.07) is 20.3. The van der Waals surface area contributed by atoms with Crippen LogP contribution in [-0.2, 0) is 19.3 Å². The van der Waals surface area contributed by atoms with Gasteiger partial charge in [-0.2, -0.15) is 0 Å². The lowest BCUT2D eigenvalue weighted by Crippen LogP contribution is -2.05. The highest BCUT2D eigenvalue weighted by Gasteiger charge is 2.23. The number of aromatic hydroxyl groups is 1. The topological polar surface area (TPSA) is 50.4 Å². The second-order valence-electron chi connectivity index (χ2n) is 8.64. The average Bonchev–Trinajstić information content (AvgIpc) is 3.20. The van der Waals surface area contributed by atoms with Crippen molar-refractivity contribution in [3.05, 3.63) is 95.8 Å². The molecular formula is C29H28I2O3. The molecule has 1 N–H and O–H groups in total. The molecule has 0 fully saturated rings. The van der Waals surface area contributed by atoms with E-state index in [9.17, 15) is 9.90 Å². The fourth-order valence-electron chi connectivity index (χ4n) is 4.29. The minimum absolute atomic E-state index is 0.0436. The number of benzene rings is 3. The molecule has 0 amide bonds. The largest absolute Gasteiger partial charge is 0.506 e. The second-order valence-corrected chi connectivity index (χ2v) is 11.0. The third-order valence-electron chi connectivity index (χ3n) is 6.11. The van der Waals surface area contributed by atoms with E-state index in [4.69, 9.17) is 4.42 Å². The van der Waals surface area contributed by atoms with Gasteiger partial charge in [0.1, 0.15) is 17.1 Å². The number of fused-ring (bicyclic) bond motifs is 1. The van der Waals surface area contributed by atoms with Crippen LogP contribution < -0.4 is 0 Å². The van der Waals surface area contributed by atoms with E-state index in [0.717, 1.165) is 61.7 Å². The number of ketones is 1. The molecule has 34 heavy (non-hydrogen) atoms. The fourth-order valence-corrected chi connectivity index (χ4v) is 6.06. The van der Waals surface area contributed by atoms with Crippen molar-refractivity contribution in [1.29, 1.82) is 0 Å². The predicted molar refractivity (Wildman–Crippen MR) is 155 cm³/mol. The van der Waals surface area contributed by atoms with Gasteiger partial charge in [-0.15, -0.1) is 0 Å². The summed E-state index contributed by atoms with van der Waals surface area (Å²) in [5, 5.41) is 11.0. The van der Waals surface area contributed by atoms with Gasteiger partial charge in [0, 0.05) is 17.4 Å². The van der Waals surface area contributed by atoms with Crippen LogP contribution in [-0.4, -0.2) is 10.9 Å². The number of halogens is 2. The van der Waals surface area contributed by atoms with E-state index in [-0.39, 0.29) is 11.5 Å². The Labute approximate surface area is 228 Å². The predicted octanol–water partition coefficient (Wildman–Crippen LogP) is 8.49. The number of phenols is 1. The van der Waals surface area contributed by atoms with Gasteiger partial charge in [0.15, 0.2) is 5.78 Å². The molecule has 0 aliphatic carbocycles. The standard InChI is InChI=1S/C29H28I2O3/c1-2-3-5-13-25-27(28(32)21-17-23(30)29(33)24(31)18-21)22-15-14-20(16-26(22)34-25)12-8-11-19-9-6-4-7-10-19/h4,6-7,9-10,14-18,33H,2-3,5,8,11-13H2,1H3. The van der Waals surface area contributed by atoms with Gasteiger partial charge in [-0.3, -0.25) is 4.79 Å². The van der Waals surface area contributed by atoms with Crippen molar-refractivity contribution in [2.45, 2.75) is 51.9 Å². The quantitative estimate of drug-likeness (QED) is 0.104. The van der Waals surface area contributed by atoms with Crippen LogP contribution in [0.25, 0.3) is 11.0 Å². The molecule has 0 radical (unpaired) electrons. The Hall–Kier alpha value is -1.87. The van der Waals surface area contributed by atoms with Gasteiger partial charge in [0.05, 0.1) is 12.7 Å². The molecule has 0 aliphatic heterocycles. The molecule has 1 aromatic heterocycles. The number of rotatable bonds is 10. The molecule has 0 atom stereocenters. The lowest BCUT2D eigenvalue weighted by molar-refractivity contribution is 0.103. The lowest BCUT2D eigenvalue weighted by atomic mass is 9.97. The first-order chi connectivity index (χ1) is 16.5. The normalized spacial score (nSPS) is 11.3. The van der Waals surface area contributed by atoms with E-state index in [1.165, 1.54) is 11.1 Å². The lowest BCUT2D eigenvalue weighted by Gasteiger charge is -2.07. The Bertz CT molecular complexity index is 1270. The Morgan fingerprint density at radius 3 is 2.26 bits per heavy atom. The number of phenolic OH excluding ortho intramolecular Hbond substituents is 1. The first kappa shape index (κ1) is 25.2. The molecule has 4 aromatic rings. The van der Waals surface area contributed by atoms with E-state index in [0.29, 0.717) is 18.3 Å². The number of carbonyl (C=O) groups is 1. The molecule has 176 valence electrons. The number of carbonyl (C=O) groups excluding carboxylic acids is 1. The zero-order valence-electron chi connectivity index (χ0n) is 19.2. The smallest absolute Gasteiger partial charge is 0.197 e.